The molecule has 2 atom stereocenters. The topological polar surface area (TPSA) is 92.4 Å². The minimum atomic E-state index is -0.858. The SMILES string of the molecule is C#CCC(N)C(=O)NCC(CC(=O)O)CC(C)C. The van der Waals surface area contributed by atoms with Gasteiger partial charge in [0, 0.05) is 19.4 Å². The number of nitrogens with two attached hydrogens (primary N) is 1. The second-order valence-corrected chi connectivity index (χ2v) is 4.85. The van der Waals surface area contributed by atoms with Crippen molar-refractivity contribution >= 4 is 11.9 Å². The number of carbonyl (C=O) groups excluding carboxylic acids is 1. The summed E-state index contributed by atoms with van der Waals surface area (Å²) in [5, 5.41) is 11.4. The molecule has 0 heterocycles. The standard InChI is InChI=1S/C13H22N2O3/c1-4-5-11(14)13(18)15-8-10(6-9(2)3)7-12(16)17/h1,9-11H,5-8,14H2,2-3H3,(H,15,18)(H,16,17). The lowest BCUT2D eigenvalue weighted by molar-refractivity contribution is -0.138. The molecule has 1 amide bonds. The van der Waals surface area contributed by atoms with Crippen molar-refractivity contribution in [3.8, 4) is 12.3 Å². The predicted octanol–water partition coefficient (Wildman–Crippen LogP) is 0.590. The van der Waals surface area contributed by atoms with Crippen molar-refractivity contribution in [1.29, 1.82) is 0 Å². The van der Waals surface area contributed by atoms with Gasteiger partial charge in [0.1, 0.15) is 0 Å². The van der Waals surface area contributed by atoms with Crippen LogP contribution < -0.4 is 11.1 Å². The van der Waals surface area contributed by atoms with Crippen LogP contribution in [-0.2, 0) is 9.59 Å². The van der Waals surface area contributed by atoms with Crippen LogP contribution in [0.25, 0.3) is 0 Å². The van der Waals surface area contributed by atoms with Gasteiger partial charge in [-0.2, -0.15) is 0 Å². The summed E-state index contributed by atoms with van der Waals surface area (Å²) in [4.78, 5) is 22.2. The zero-order valence-electron chi connectivity index (χ0n) is 11.0. The number of hydrogen-bond donors (Lipinski definition) is 3. The number of nitrogens with one attached hydrogen (secondary N) is 1. The van der Waals surface area contributed by atoms with Crippen LogP contribution in [0.15, 0.2) is 0 Å². The molecule has 0 saturated heterocycles. The largest absolute Gasteiger partial charge is 0.481 e. The Balaban J connectivity index is 4.21. The first-order valence-corrected chi connectivity index (χ1v) is 6.05. The normalized spacial score (nSPS) is 13.7. The molecule has 5 nitrogen and oxygen atoms in total. The molecule has 0 aromatic heterocycles. The summed E-state index contributed by atoms with van der Waals surface area (Å²) in [6, 6.07) is -0.723. The van der Waals surface area contributed by atoms with Crippen LogP contribution in [-0.4, -0.2) is 29.6 Å². The minimum absolute atomic E-state index is 0.0445. The molecule has 102 valence electrons. The van der Waals surface area contributed by atoms with Crippen LogP contribution >= 0.6 is 0 Å². The van der Waals surface area contributed by atoms with Gasteiger partial charge in [0.2, 0.25) is 5.91 Å². The van der Waals surface area contributed by atoms with Crippen LogP contribution in [0.2, 0.25) is 0 Å². The number of amides is 1. The smallest absolute Gasteiger partial charge is 0.303 e. The summed E-state index contributed by atoms with van der Waals surface area (Å²) in [7, 11) is 0. The van der Waals surface area contributed by atoms with Gasteiger partial charge >= 0.3 is 5.97 Å². The van der Waals surface area contributed by atoms with Crippen molar-refractivity contribution in [2.24, 2.45) is 17.6 Å². The van der Waals surface area contributed by atoms with E-state index in [9.17, 15) is 9.59 Å². The van der Waals surface area contributed by atoms with Crippen molar-refractivity contribution in [3.05, 3.63) is 0 Å². The van der Waals surface area contributed by atoms with E-state index in [0.717, 1.165) is 6.42 Å². The number of carbonyl (C=O) groups is 2. The first-order chi connectivity index (χ1) is 8.36. The third kappa shape index (κ3) is 7.69. The van der Waals surface area contributed by atoms with E-state index in [2.05, 4.69) is 11.2 Å². The van der Waals surface area contributed by atoms with Crippen LogP contribution in [0.1, 0.15) is 33.1 Å². The molecular formula is C13H22N2O3. The summed E-state index contributed by atoms with van der Waals surface area (Å²) in [6.07, 6.45) is 6.04. The number of rotatable bonds is 8. The molecule has 0 bridgehead atoms. The highest BCUT2D eigenvalue weighted by atomic mass is 16.4. The van der Waals surface area contributed by atoms with Crippen molar-refractivity contribution in [3.63, 3.8) is 0 Å². The summed E-state index contributed by atoms with van der Waals surface area (Å²) in [5.41, 5.74) is 5.55. The van der Waals surface area contributed by atoms with E-state index in [4.69, 9.17) is 17.3 Å². The van der Waals surface area contributed by atoms with E-state index in [1.807, 2.05) is 13.8 Å². The second-order valence-electron chi connectivity index (χ2n) is 4.85. The van der Waals surface area contributed by atoms with E-state index in [1.165, 1.54) is 0 Å². The lowest BCUT2D eigenvalue weighted by Gasteiger charge is -2.18. The zero-order chi connectivity index (χ0) is 14.1. The number of aliphatic carboxylic acids is 1. The molecule has 0 aromatic rings. The Morgan fingerprint density at radius 1 is 1.44 bits per heavy atom. The average molecular weight is 254 g/mol. The van der Waals surface area contributed by atoms with E-state index in [0.29, 0.717) is 12.5 Å². The fraction of sp³-hybridized carbons (Fsp3) is 0.692. The third-order valence-electron chi connectivity index (χ3n) is 2.51. The molecule has 0 aliphatic rings. The van der Waals surface area contributed by atoms with E-state index in [-0.39, 0.29) is 24.7 Å². The van der Waals surface area contributed by atoms with Crippen molar-refractivity contribution in [1.82, 2.24) is 5.32 Å². The van der Waals surface area contributed by atoms with E-state index >= 15 is 0 Å². The van der Waals surface area contributed by atoms with E-state index < -0.39 is 12.0 Å². The summed E-state index contributed by atoms with van der Waals surface area (Å²) >= 11 is 0. The number of terminal acetylenes is 1. The lowest BCUT2D eigenvalue weighted by atomic mass is 9.94. The Morgan fingerprint density at radius 3 is 2.50 bits per heavy atom. The first kappa shape index (κ1) is 16.5. The third-order valence-corrected chi connectivity index (χ3v) is 2.51. The molecule has 2 unspecified atom stereocenters. The number of carboxylic acid groups (broad SMARTS) is 1. The summed E-state index contributed by atoms with van der Waals surface area (Å²) in [5.74, 6) is 1.44. The predicted molar refractivity (Wildman–Crippen MR) is 69.6 cm³/mol. The molecule has 0 fully saturated rings. The quantitative estimate of drug-likeness (QED) is 0.553. The molecule has 0 spiro atoms. The lowest BCUT2D eigenvalue weighted by Crippen LogP contribution is -2.42. The molecule has 0 aliphatic carbocycles. The number of carboxylic acids is 1. The van der Waals surface area contributed by atoms with Crippen LogP contribution in [0.5, 0.6) is 0 Å². The van der Waals surface area contributed by atoms with Gasteiger partial charge in [-0.3, -0.25) is 9.59 Å². The van der Waals surface area contributed by atoms with Crippen molar-refractivity contribution in [2.75, 3.05) is 6.54 Å². The van der Waals surface area contributed by atoms with Gasteiger partial charge in [-0.1, -0.05) is 13.8 Å². The van der Waals surface area contributed by atoms with Crippen molar-refractivity contribution < 1.29 is 14.7 Å². The van der Waals surface area contributed by atoms with Gasteiger partial charge in [0.25, 0.3) is 0 Å². The maximum absolute atomic E-state index is 11.5. The maximum Gasteiger partial charge on any atom is 0.303 e. The molecule has 0 aromatic carbocycles. The highest BCUT2D eigenvalue weighted by Crippen LogP contribution is 2.14. The fourth-order valence-electron chi connectivity index (χ4n) is 1.75. The molecule has 5 heteroatoms. The Kier molecular flexibility index (Phi) is 7.81. The minimum Gasteiger partial charge on any atom is -0.481 e. The molecule has 0 aliphatic heterocycles. The average Bonchev–Trinajstić information content (AvgIpc) is 2.24. The molecule has 4 N–H and O–H groups in total. The fourth-order valence-corrected chi connectivity index (χ4v) is 1.75. The molecule has 0 saturated carbocycles. The first-order valence-electron chi connectivity index (χ1n) is 6.05. The molecular weight excluding hydrogens is 232 g/mol. The zero-order valence-corrected chi connectivity index (χ0v) is 11.0. The second kappa shape index (κ2) is 8.54. The summed E-state index contributed by atoms with van der Waals surface area (Å²) < 4.78 is 0. The Labute approximate surface area is 108 Å². The van der Waals surface area contributed by atoms with Crippen LogP contribution in [0.4, 0.5) is 0 Å². The van der Waals surface area contributed by atoms with Crippen LogP contribution in [0.3, 0.4) is 0 Å². The summed E-state index contributed by atoms with van der Waals surface area (Å²) in [6.45, 7) is 4.35. The monoisotopic (exact) mass is 254 g/mol. The van der Waals surface area contributed by atoms with E-state index in [1.54, 1.807) is 0 Å². The highest BCUT2D eigenvalue weighted by Gasteiger charge is 2.18. The Hall–Kier alpha value is -1.54. The Morgan fingerprint density at radius 2 is 2.06 bits per heavy atom. The molecule has 0 radical (unpaired) electrons. The van der Waals surface area contributed by atoms with Gasteiger partial charge in [0.15, 0.2) is 0 Å². The van der Waals surface area contributed by atoms with Gasteiger partial charge in [-0.05, 0) is 18.3 Å². The van der Waals surface area contributed by atoms with Crippen LogP contribution in [0, 0.1) is 24.2 Å². The van der Waals surface area contributed by atoms with Crippen molar-refractivity contribution in [2.45, 2.75) is 39.2 Å². The van der Waals surface area contributed by atoms with Gasteiger partial charge < -0.3 is 16.2 Å². The number of hydrogen-bond acceptors (Lipinski definition) is 3. The van der Waals surface area contributed by atoms with Gasteiger partial charge in [-0.15, -0.1) is 12.3 Å². The maximum atomic E-state index is 11.5. The highest BCUT2D eigenvalue weighted by molar-refractivity contribution is 5.81. The van der Waals surface area contributed by atoms with Gasteiger partial charge in [0.05, 0.1) is 6.04 Å². The molecule has 0 rings (SSSR count). The molecule has 18 heavy (non-hydrogen) atoms. The Bertz CT molecular complexity index is 321. The van der Waals surface area contributed by atoms with Gasteiger partial charge in [-0.25, -0.2) is 0 Å².